The lowest BCUT2D eigenvalue weighted by Crippen LogP contribution is -2.14. The summed E-state index contributed by atoms with van der Waals surface area (Å²) in [7, 11) is -3.77. The average Bonchev–Trinajstić information content (AvgIpc) is 2.89. The highest BCUT2D eigenvalue weighted by atomic mass is 32.2. The summed E-state index contributed by atoms with van der Waals surface area (Å²) in [6, 6.07) is 17.9. The fourth-order valence-corrected chi connectivity index (χ4v) is 4.44. The van der Waals surface area contributed by atoms with Gasteiger partial charge >= 0.3 is 0 Å². The minimum atomic E-state index is -3.77. The van der Waals surface area contributed by atoms with Crippen molar-refractivity contribution in [3.05, 3.63) is 71.8 Å². The Morgan fingerprint density at radius 3 is 2.60 bits per heavy atom. The van der Waals surface area contributed by atoms with E-state index in [2.05, 4.69) is 4.72 Å². The quantitative estimate of drug-likeness (QED) is 0.775. The molecule has 1 N–H and O–H groups in total. The Labute approximate surface area is 146 Å². The lowest BCUT2D eigenvalue weighted by atomic mass is 10.1. The van der Waals surface area contributed by atoms with Gasteiger partial charge in [-0.2, -0.15) is 0 Å². The number of hydrogen-bond donors (Lipinski definition) is 1. The lowest BCUT2D eigenvalue weighted by Gasteiger charge is -2.11. The molecule has 0 saturated carbocycles. The fourth-order valence-electron chi connectivity index (χ4n) is 3.34. The first-order chi connectivity index (χ1) is 12.0. The third-order valence-electron chi connectivity index (χ3n) is 4.66. The maximum atomic E-state index is 12.8. The number of rotatable bonds is 3. The molecule has 0 amide bonds. The largest absolute Gasteiger partial charge is 0.294 e. The molecule has 0 aliphatic heterocycles. The van der Waals surface area contributed by atoms with Crippen LogP contribution in [0.4, 0.5) is 5.69 Å². The minimum absolute atomic E-state index is 0.0113. The van der Waals surface area contributed by atoms with E-state index in [1.54, 1.807) is 18.2 Å². The highest BCUT2D eigenvalue weighted by Crippen LogP contribution is 2.30. The smallest absolute Gasteiger partial charge is 0.261 e. The van der Waals surface area contributed by atoms with Crippen LogP contribution in [0.3, 0.4) is 0 Å². The second-order valence-corrected chi connectivity index (χ2v) is 8.10. The number of Topliss-reactive ketones (excluding diaryl/α,β-unsaturated/α-hetero) is 1. The van der Waals surface area contributed by atoms with Gasteiger partial charge < -0.3 is 0 Å². The Morgan fingerprint density at radius 2 is 1.76 bits per heavy atom. The summed E-state index contributed by atoms with van der Waals surface area (Å²) in [5, 5.41) is 1.79. The van der Waals surface area contributed by atoms with Gasteiger partial charge in [-0.3, -0.25) is 9.52 Å². The van der Waals surface area contributed by atoms with Crippen LogP contribution in [-0.2, 0) is 16.4 Å². The lowest BCUT2D eigenvalue weighted by molar-refractivity contribution is 0.0946. The maximum Gasteiger partial charge on any atom is 0.261 e. The van der Waals surface area contributed by atoms with Crippen LogP contribution in [0.5, 0.6) is 0 Å². The summed E-state index contributed by atoms with van der Waals surface area (Å²) in [6.45, 7) is 1.87. The summed E-state index contributed by atoms with van der Waals surface area (Å²) in [5.41, 5.74) is 1.97. The van der Waals surface area contributed by atoms with Crippen LogP contribution >= 0.6 is 0 Å². The van der Waals surface area contributed by atoms with Gasteiger partial charge in [0.2, 0.25) is 0 Å². The number of hydrogen-bond acceptors (Lipinski definition) is 3. The Bertz CT molecular complexity index is 1100. The van der Waals surface area contributed by atoms with Crippen molar-refractivity contribution in [1.29, 1.82) is 0 Å². The predicted molar refractivity (Wildman–Crippen MR) is 98.4 cm³/mol. The molecule has 1 aliphatic rings. The zero-order chi connectivity index (χ0) is 17.6. The van der Waals surface area contributed by atoms with Crippen LogP contribution < -0.4 is 4.72 Å². The first-order valence-electron chi connectivity index (χ1n) is 8.13. The minimum Gasteiger partial charge on any atom is -0.294 e. The van der Waals surface area contributed by atoms with Gasteiger partial charge in [0, 0.05) is 16.9 Å². The fraction of sp³-hybridized carbons (Fsp3) is 0.150. The van der Waals surface area contributed by atoms with Crippen LogP contribution in [0.2, 0.25) is 0 Å². The van der Waals surface area contributed by atoms with Gasteiger partial charge in [0.15, 0.2) is 5.78 Å². The van der Waals surface area contributed by atoms with Crippen molar-refractivity contribution in [2.24, 2.45) is 5.92 Å². The van der Waals surface area contributed by atoms with E-state index < -0.39 is 10.0 Å². The molecule has 25 heavy (non-hydrogen) atoms. The van der Waals surface area contributed by atoms with Crippen molar-refractivity contribution in [1.82, 2.24) is 0 Å². The van der Waals surface area contributed by atoms with Crippen LogP contribution in [0.25, 0.3) is 10.8 Å². The monoisotopic (exact) mass is 351 g/mol. The number of carbonyl (C=O) groups excluding carboxylic acids is 1. The van der Waals surface area contributed by atoms with Crippen LogP contribution in [0, 0.1) is 5.92 Å². The predicted octanol–water partition coefficient (Wildman–Crippen LogP) is 4.02. The van der Waals surface area contributed by atoms with Gasteiger partial charge in [-0.25, -0.2) is 8.42 Å². The van der Waals surface area contributed by atoms with E-state index in [0.29, 0.717) is 17.7 Å². The van der Waals surface area contributed by atoms with E-state index in [-0.39, 0.29) is 16.6 Å². The van der Waals surface area contributed by atoms with Crippen LogP contribution in [-0.4, -0.2) is 14.2 Å². The number of carbonyl (C=O) groups is 1. The van der Waals surface area contributed by atoms with E-state index in [0.717, 1.165) is 16.3 Å². The molecular formula is C20H17NO3S. The molecule has 0 saturated heterocycles. The Morgan fingerprint density at radius 1 is 1.00 bits per heavy atom. The molecule has 3 aromatic rings. The molecule has 0 aromatic heterocycles. The van der Waals surface area contributed by atoms with E-state index in [1.807, 2.05) is 43.3 Å². The van der Waals surface area contributed by atoms with Crippen molar-refractivity contribution in [2.45, 2.75) is 18.2 Å². The summed E-state index contributed by atoms with van der Waals surface area (Å²) in [5.74, 6) is -0.0730. The normalized spacial score (nSPS) is 16.8. The molecule has 0 spiro atoms. The second kappa shape index (κ2) is 5.70. The number of ketones is 1. The molecule has 4 rings (SSSR count). The molecule has 126 valence electrons. The average molecular weight is 351 g/mol. The van der Waals surface area contributed by atoms with Gasteiger partial charge in [-0.1, -0.05) is 49.4 Å². The number of anilines is 1. The molecule has 5 heteroatoms. The summed E-state index contributed by atoms with van der Waals surface area (Å²) >= 11 is 0. The van der Waals surface area contributed by atoms with Gasteiger partial charge in [0.25, 0.3) is 10.0 Å². The molecule has 4 nitrogen and oxygen atoms in total. The molecule has 1 aliphatic carbocycles. The van der Waals surface area contributed by atoms with Gasteiger partial charge in [-0.15, -0.1) is 0 Å². The number of nitrogens with one attached hydrogen (secondary N) is 1. The summed E-state index contributed by atoms with van der Waals surface area (Å²) < 4.78 is 28.3. The molecule has 3 aromatic carbocycles. The third-order valence-corrected chi connectivity index (χ3v) is 6.03. The van der Waals surface area contributed by atoms with Crippen molar-refractivity contribution in [2.75, 3.05) is 4.72 Å². The Balaban J connectivity index is 1.75. The first-order valence-corrected chi connectivity index (χ1v) is 9.62. The molecule has 1 atom stereocenters. The maximum absolute atomic E-state index is 12.8. The molecule has 0 radical (unpaired) electrons. The first kappa shape index (κ1) is 15.8. The molecule has 0 heterocycles. The molecule has 1 unspecified atom stereocenters. The van der Waals surface area contributed by atoms with Crippen LogP contribution in [0.15, 0.2) is 65.6 Å². The SMILES string of the molecule is CC1Cc2ccc(S(=O)(=O)Nc3cccc4ccccc34)cc2C1=O. The molecule has 0 bridgehead atoms. The summed E-state index contributed by atoms with van der Waals surface area (Å²) in [4.78, 5) is 12.3. The highest BCUT2D eigenvalue weighted by Gasteiger charge is 2.28. The van der Waals surface area contributed by atoms with E-state index >= 15 is 0 Å². The third kappa shape index (κ3) is 2.70. The van der Waals surface area contributed by atoms with E-state index in [4.69, 9.17) is 0 Å². The van der Waals surface area contributed by atoms with Gasteiger partial charge in [-0.05, 0) is 35.6 Å². The highest BCUT2D eigenvalue weighted by molar-refractivity contribution is 7.92. The molecule has 0 fully saturated rings. The van der Waals surface area contributed by atoms with Gasteiger partial charge in [0.1, 0.15) is 0 Å². The number of fused-ring (bicyclic) bond motifs is 2. The zero-order valence-corrected chi connectivity index (χ0v) is 14.5. The van der Waals surface area contributed by atoms with E-state index in [1.165, 1.54) is 6.07 Å². The van der Waals surface area contributed by atoms with Crippen molar-refractivity contribution < 1.29 is 13.2 Å². The second-order valence-electron chi connectivity index (χ2n) is 6.42. The Kier molecular flexibility index (Phi) is 3.62. The number of benzene rings is 3. The molecular weight excluding hydrogens is 334 g/mol. The van der Waals surface area contributed by atoms with Crippen molar-refractivity contribution in [3.8, 4) is 0 Å². The number of sulfonamides is 1. The zero-order valence-electron chi connectivity index (χ0n) is 13.7. The van der Waals surface area contributed by atoms with E-state index in [9.17, 15) is 13.2 Å². The van der Waals surface area contributed by atoms with Crippen molar-refractivity contribution >= 4 is 32.3 Å². The van der Waals surface area contributed by atoms with Crippen LogP contribution in [0.1, 0.15) is 22.8 Å². The summed E-state index contributed by atoms with van der Waals surface area (Å²) in [6.07, 6.45) is 0.672. The Hall–Kier alpha value is -2.66. The van der Waals surface area contributed by atoms with Crippen molar-refractivity contribution in [3.63, 3.8) is 0 Å². The standard InChI is InChI=1S/C20H17NO3S/c1-13-11-15-9-10-16(12-18(15)20(13)22)25(23,24)21-19-8-4-6-14-5-2-3-7-17(14)19/h2-10,12-13,21H,11H2,1H3. The topological polar surface area (TPSA) is 63.2 Å². The van der Waals surface area contributed by atoms with Gasteiger partial charge in [0.05, 0.1) is 10.6 Å².